The summed E-state index contributed by atoms with van der Waals surface area (Å²) in [7, 11) is 0. The number of aryl methyl sites for hydroxylation is 1. The summed E-state index contributed by atoms with van der Waals surface area (Å²) < 4.78 is 2.22. The zero-order valence-electron chi connectivity index (χ0n) is 11.1. The minimum absolute atomic E-state index is 0.308. The molecule has 0 aliphatic heterocycles. The van der Waals surface area contributed by atoms with Gasteiger partial charge in [-0.3, -0.25) is 0 Å². The molecule has 0 heterocycles. The van der Waals surface area contributed by atoms with Crippen molar-refractivity contribution in [1.82, 2.24) is 5.32 Å². The fourth-order valence-electron chi connectivity index (χ4n) is 2.06. The van der Waals surface area contributed by atoms with Crippen molar-refractivity contribution in [3.63, 3.8) is 0 Å². The van der Waals surface area contributed by atoms with Gasteiger partial charge in [-0.15, -0.1) is 0 Å². The summed E-state index contributed by atoms with van der Waals surface area (Å²) in [6, 6.07) is 15.2. The van der Waals surface area contributed by atoms with Gasteiger partial charge in [-0.25, -0.2) is 0 Å². The fourth-order valence-corrected chi connectivity index (χ4v) is 3.45. The summed E-state index contributed by atoms with van der Waals surface area (Å²) in [4.78, 5) is 0. The van der Waals surface area contributed by atoms with Crippen molar-refractivity contribution in [1.29, 1.82) is 0 Å². The fraction of sp³-hybridized carbons (Fsp3) is 0.250. The van der Waals surface area contributed by atoms with Gasteiger partial charge in [0, 0.05) is 21.5 Å². The number of benzene rings is 2. The molecule has 2 rings (SSSR count). The highest BCUT2D eigenvalue weighted by molar-refractivity contribution is 9.11. The Hall–Kier alpha value is -0.640. The molecule has 0 aromatic heterocycles. The van der Waals surface area contributed by atoms with Gasteiger partial charge < -0.3 is 5.32 Å². The van der Waals surface area contributed by atoms with Crippen LogP contribution in [-0.2, 0) is 6.54 Å². The van der Waals surface area contributed by atoms with Crippen LogP contribution in [0.4, 0.5) is 0 Å². The van der Waals surface area contributed by atoms with E-state index in [1.54, 1.807) is 0 Å². The lowest BCUT2D eigenvalue weighted by molar-refractivity contribution is 0.572. The Kier molecular flexibility index (Phi) is 5.20. The number of hydrogen-bond donors (Lipinski definition) is 1. The normalized spacial score (nSPS) is 12.4. The molecule has 0 spiro atoms. The third-order valence-corrected chi connectivity index (χ3v) is 4.30. The van der Waals surface area contributed by atoms with Crippen molar-refractivity contribution >= 4 is 31.9 Å². The van der Waals surface area contributed by atoms with E-state index in [0.717, 1.165) is 15.5 Å². The first kappa shape index (κ1) is 14.8. The van der Waals surface area contributed by atoms with E-state index in [1.165, 1.54) is 16.7 Å². The third kappa shape index (κ3) is 4.16. The van der Waals surface area contributed by atoms with E-state index in [0.29, 0.717) is 6.04 Å². The largest absolute Gasteiger partial charge is 0.306 e. The Morgan fingerprint density at radius 1 is 1.11 bits per heavy atom. The maximum absolute atomic E-state index is 3.62. The van der Waals surface area contributed by atoms with Gasteiger partial charge in [0.15, 0.2) is 0 Å². The molecule has 0 aliphatic carbocycles. The van der Waals surface area contributed by atoms with Crippen molar-refractivity contribution in [3.8, 4) is 0 Å². The van der Waals surface area contributed by atoms with E-state index in [9.17, 15) is 0 Å². The third-order valence-electron chi connectivity index (χ3n) is 3.12. The predicted molar refractivity (Wildman–Crippen MR) is 88.3 cm³/mol. The molecule has 0 radical (unpaired) electrons. The molecule has 0 bridgehead atoms. The van der Waals surface area contributed by atoms with E-state index in [2.05, 4.69) is 93.5 Å². The van der Waals surface area contributed by atoms with Crippen LogP contribution in [0.2, 0.25) is 0 Å². The van der Waals surface area contributed by atoms with Crippen molar-refractivity contribution < 1.29 is 0 Å². The van der Waals surface area contributed by atoms with Crippen molar-refractivity contribution in [3.05, 3.63) is 68.1 Å². The zero-order chi connectivity index (χ0) is 13.8. The Morgan fingerprint density at radius 2 is 1.89 bits per heavy atom. The Bertz CT molecular complexity index is 566. The molecular formula is C16H17Br2N. The molecular weight excluding hydrogens is 366 g/mol. The highest BCUT2D eigenvalue weighted by Crippen LogP contribution is 2.26. The maximum atomic E-state index is 3.62. The van der Waals surface area contributed by atoms with Crippen LogP contribution in [-0.4, -0.2) is 0 Å². The molecule has 1 unspecified atom stereocenters. The van der Waals surface area contributed by atoms with Crippen LogP contribution >= 0.6 is 31.9 Å². The Balaban J connectivity index is 2.03. The highest BCUT2D eigenvalue weighted by Gasteiger charge is 2.09. The van der Waals surface area contributed by atoms with E-state index in [4.69, 9.17) is 0 Å². The molecule has 1 atom stereocenters. The summed E-state index contributed by atoms with van der Waals surface area (Å²) in [6.45, 7) is 5.19. The van der Waals surface area contributed by atoms with Crippen LogP contribution in [0.5, 0.6) is 0 Å². The molecule has 0 fully saturated rings. The van der Waals surface area contributed by atoms with Gasteiger partial charge in [0.05, 0.1) is 0 Å². The van der Waals surface area contributed by atoms with Crippen molar-refractivity contribution in [2.45, 2.75) is 26.4 Å². The van der Waals surface area contributed by atoms with E-state index >= 15 is 0 Å². The van der Waals surface area contributed by atoms with Gasteiger partial charge in [0.1, 0.15) is 0 Å². The molecule has 0 saturated carbocycles. The Morgan fingerprint density at radius 3 is 2.58 bits per heavy atom. The lowest BCUT2D eigenvalue weighted by Crippen LogP contribution is -2.18. The SMILES string of the molecule is Cc1cccc(CNC(C)c2ccc(Br)cc2Br)c1. The van der Waals surface area contributed by atoms with Crippen LogP contribution in [0.1, 0.15) is 29.7 Å². The molecule has 2 aromatic rings. The second-order valence-corrected chi connectivity index (χ2v) is 6.53. The highest BCUT2D eigenvalue weighted by atomic mass is 79.9. The van der Waals surface area contributed by atoms with Gasteiger partial charge in [0.25, 0.3) is 0 Å². The average Bonchev–Trinajstić information content (AvgIpc) is 2.36. The van der Waals surface area contributed by atoms with E-state index < -0.39 is 0 Å². The van der Waals surface area contributed by atoms with Gasteiger partial charge in [-0.2, -0.15) is 0 Å². The standard InChI is InChI=1S/C16H17Br2N/c1-11-4-3-5-13(8-11)10-19-12(2)15-7-6-14(17)9-16(15)18/h3-9,12,19H,10H2,1-2H3. The first-order valence-corrected chi connectivity index (χ1v) is 7.89. The van der Waals surface area contributed by atoms with Gasteiger partial charge in [-0.05, 0) is 37.1 Å². The molecule has 100 valence electrons. The van der Waals surface area contributed by atoms with Crippen LogP contribution in [0.15, 0.2) is 51.4 Å². The number of rotatable bonds is 4. The second kappa shape index (κ2) is 6.69. The number of halogens is 2. The van der Waals surface area contributed by atoms with Gasteiger partial charge >= 0.3 is 0 Å². The van der Waals surface area contributed by atoms with Crippen LogP contribution < -0.4 is 5.32 Å². The molecule has 0 aliphatic rings. The van der Waals surface area contributed by atoms with Crippen molar-refractivity contribution in [2.75, 3.05) is 0 Å². The Labute approximate surface area is 131 Å². The number of nitrogens with one attached hydrogen (secondary N) is 1. The summed E-state index contributed by atoms with van der Waals surface area (Å²) >= 11 is 7.09. The minimum Gasteiger partial charge on any atom is -0.306 e. The van der Waals surface area contributed by atoms with Crippen LogP contribution in [0.25, 0.3) is 0 Å². The average molecular weight is 383 g/mol. The molecule has 0 saturated heterocycles. The summed E-state index contributed by atoms with van der Waals surface area (Å²) in [5.41, 5.74) is 3.90. The second-order valence-electron chi connectivity index (χ2n) is 4.76. The van der Waals surface area contributed by atoms with Crippen molar-refractivity contribution in [2.24, 2.45) is 0 Å². The molecule has 1 N–H and O–H groups in total. The van der Waals surface area contributed by atoms with E-state index in [-0.39, 0.29) is 0 Å². The topological polar surface area (TPSA) is 12.0 Å². The lowest BCUT2D eigenvalue weighted by atomic mass is 10.1. The predicted octanol–water partition coefficient (Wildman–Crippen LogP) is 5.37. The maximum Gasteiger partial charge on any atom is 0.0306 e. The smallest absolute Gasteiger partial charge is 0.0306 e. The summed E-state index contributed by atoms with van der Waals surface area (Å²) in [5.74, 6) is 0. The first-order valence-electron chi connectivity index (χ1n) is 6.30. The molecule has 1 nitrogen and oxygen atoms in total. The lowest BCUT2D eigenvalue weighted by Gasteiger charge is -2.16. The molecule has 2 aromatic carbocycles. The molecule has 3 heteroatoms. The van der Waals surface area contributed by atoms with Crippen LogP contribution in [0.3, 0.4) is 0 Å². The molecule has 19 heavy (non-hydrogen) atoms. The zero-order valence-corrected chi connectivity index (χ0v) is 14.3. The number of hydrogen-bond acceptors (Lipinski definition) is 1. The summed E-state index contributed by atoms with van der Waals surface area (Å²) in [6.07, 6.45) is 0. The minimum atomic E-state index is 0.308. The van der Waals surface area contributed by atoms with Gasteiger partial charge in [0.2, 0.25) is 0 Å². The first-order chi connectivity index (χ1) is 9.06. The summed E-state index contributed by atoms with van der Waals surface area (Å²) in [5, 5.41) is 3.56. The van der Waals surface area contributed by atoms with Gasteiger partial charge in [-0.1, -0.05) is 67.8 Å². The van der Waals surface area contributed by atoms with Crippen LogP contribution in [0, 0.1) is 6.92 Å². The quantitative estimate of drug-likeness (QED) is 0.749. The van der Waals surface area contributed by atoms with E-state index in [1.807, 2.05) is 0 Å². The monoisotopic (exact) mass is 381 g/mol. The molecule has 0 amide bonds.